The lowest BCUT2D eigenvalue weighted by molar-refractivity contribution is 0.350. The number of aromatic hydroxyl groups is 3. The third-order valence-corrected chi connectivity index (χ3v) is 3.28. The summed E-state index contributed by atoms with van der Waals surface area (Å²) in [6, 6.07) is 8.41. The zero-order valence-corrected chi connectivity index (χ0v) is 12.0. The number of hydrogen-bond donors (Lipinski definition) is 3. The van der Waals surface area contributed by atoms with E-state index in [1.807, 2.05) is 6.07 Å². The second-order valence-electron chi connectivity index (χ2n) is 4.67. The van der Waals surface area contributed by atoms with Gasteiger partial charge in [-0.1, -0.05) is 6.07 Å². The van der Waals surface area contributed by atoms with Crippen molar-refractivity contribution in [3.8, 4) is 28.7 Å². The Bertz CT molecular complexity index is 637. The lowest BCUT2D eigenvalue weighted by Crippen LogP contribution is -1.94. The second kappa shape index (κ2) is 6.26. The summed E-state index contributed by atoms with van der Waals surface area (Å²) >= 11 is 0. The maximum Gasteiger partial charge on any atom is 0.200 e. The smallest absolute Gasteiger partial charge is 0.200 e. The standard InChI is InChI=1S/C16H18O5/c1-20-14-6-5-10(7-12(14)17)3-4-11-8-13(18)16(19)15(9-11)21-2/h5-9,17-19H,3-4H2,1-2H3. The van der Waals surface area contributed by atoms with Gasteiger partial charge in [-0.2, -0.15) is 0 Å². The molecule has 0 aliphatic heterocycles. The molecule has 0 radical (unpaired) electrons. The Kier molecular flexibility index (Phi) is 4.42. The Morgan fingerprint density at radius 3 is 2.00 bits per heavy atom. The normalized spacial score (nSPS) is 10.4. The number of phenols is 3. The van der Waals surface area contributed by atoms with Gasteiger partial charge in [0.25, 0.3) is 0 Å². The number of hydrogen-bond acceptors (Lipinski definition) is 5. The zero-order chi connectivity index (χ0) is 15.4. The summed E-state index contributed by atoms with van der Waals surface area (Å²) in [6.45, 7) is 0. The number of aryl methyl sites for hydroxylation is 2. The van der Waals surface area contributed by atoms with Gasteiger partial charge in [-0.25, -0.2) is 0 Å². The average Bonchev–Trinajstić information content (AvgIpc) is 2.48. The first-order chi connectivity index (χ1) is 10.0. The van der Waals surface area contributed by atoms with Crippen LogP contribution in [-0.4, -0.2) is 29.5 Å². The second-order valence-corrected chi connectivity index (χ2v) is 4.67. The topological polar surface area (TPSA) is 79.2 Å². The highest BCUT2D eigenvalue weighted by Crippen LogP contribution is 2.36. The number of phenolic OH excluding ortho intramolecular Hbond substituents is 3. The molecule has 0 unspecified atom stereocenters. The molecule has 2 aromatic carbocycles. The first-order valence-electron chi connectivity index (χ1n) is 6.50. The van der Waals surface area contributed by atoms with Crippen LogP contribution >= 0.6 is 0 Å². The van der Waals surface area contributed by atoms with Crippen molar-refractivity contribution in [3.63, 3.8) is 0 Å². The SMILES string of the molecule is COc1ccc(CCc2cc(O)c(O)c(OC)c2)cc1O. The van der Waals surface area contributed by atoms with Crippen LogP contribution in [0.4, 0.5) is 0 Å². The molecule has 0 aliphatic rings. The Labute approximate surface area is 123 Å². The van der Waals surface area contributed by atoms with E-state index >= 15 is 0 Å². The Balaban J connectivity index is 2.13. The molecule has 0 saturated carbocycles. The lowest BCUT2D eigenvalue weighted by atomic mass is 10.0. The quantitative estimate of drug-likeness (QED) is 0.738. The fourth-order valence-corrected chi connectivity index (χ4v) is 2.13. The van der Waals surface area contributed by atoms with Gasteiger partial charge in [-0.15, -0.1) is 0 Å². The molecule has 0 saturated heterocycles. The molecule has 5 heteroatoms. The van der Waals surface area contributed by atoms with Gasteiger partial charge in [0.15, 0.2) is 23.0 Å². The van der Waals surface area contributed by atoms with E-state index in [2.05, 4.69) is 0 Å². The summed E-state index contributed by atoms with van der Waals surface area (Å²) in [6.07, 6.45) is 1.31. The third kappa shape index (κ3) is 3.31. The van der Waals surface area contributed by atoms with Gasteiger partial charge in [0, 0.05) is 0 Å². The predicted molar refractivity (Wildman–Crippen MR) is 78.4 cm³/mol. The molecule has 21 heavy (non-hydrogen) atoms. The molecule has 0 fully saturated rings. The van der Waals surface area contributed by atoms with E-state index in [9.17, 15) is 15.3 Å². The fourth-order valence-electron chi connectivity index (χ4n) is 2.13. The van der Waals surface area contributed by atoms with Crippen LogP contribution in [0.5, 0.6) is 28.7 Å². The molecule has 0 aliphatic carbocycles. The van der Waals surface area contributed by atoms with Gasteiger partial charge < -0.3 is 24.8 Å². The molecule has 5 nitrogen and oxygen atoms in total. The van der Waals surface area contributed by atoms with E-state index < -0.39 is 0 Å². The van der Waals surface area contributed by atoms with Crippen LogP contribution in [0.1, 0.15) is 11.1 Å². The van der Waals surface area contributed by atoms with Crippen molar-refractivity contribution in [2.75, 3.05) is 14.2 Å². The Morgan fingerprint density at radius 1 is 0.762 bits per heavy atom. The van der Waals surface area contributed by atoms with Gasteiger partial charge >= 0.3 is 0 Å². The summed E-state index contributed by atoms with van der Waals surface area (Å²) < 4.78 is 10.00. The van der Waals surface area contributed by atoms with Gasteiger partial charge in [0.1, 0.15) is 0 Å². The highest BCUT2D eigenvalue weighted by molar-refractivity contribution is 5.52. The first-order valence-corrected chi connectivity index (χ1v) is 6.50. The fraction of sp³-hybridized carbons (Fsp3) is 0.250. The molecular formula is C16H18O5. The number of rotatable bonds is 5. The molecule has 2 aromatic rings. The van der Waals surface area contributed by atoms with E-state index in [4.69, 9.17) is 9.47 Å². The maximum atomic E-state index is 9.73. The lowest BCUT2D eigenvalue weighted by Gasteiger charge is -2.09. The molecule has 0 atom stereocenters. The zero-order valence-electron chi connectivity index (χ0n) is 12.0. The van der Waals surface area contributed by atoms with Crippen LogP contribution < -0.4 is 9.47 Å². The van der Waals surface area contributed by atoms with E-state index in [-0.39, 0.29) is 23.0 Å². The van der Waals surface area contributed by atoms with Gasteiger partial charge in [0.2, 0.25) is 5.75 Å². The first kappa shape index (κ1) is 14.8. The van der Waals surface area contributed by atoms with Gasteiger partial charge in [-0.05, 0) is 48.2 Å². The van der Waals surface area contributed by atoms with Crippen LogP contribution in [-0.2, 0) is 12.8 Å². The van der Waals surface area contributed by atoms with Gasteiger partial charge in [0.05, 0.1) is 14.2 Å². The van der Waals surface area contributed by atoms with Crippen molar-refractivity contribution in [2.24, 2.45) is 0 Å². The van der Waals surface area contributed by atoms with Crippen LogP contribution in [0, 0.1) is 0 Å². The number of methoxy groups -OCH3 is 2. The minimum Gasteiger partial charge on any atom is -0.504 e. The minimum absolute atomic E-state index is 0.0983. The number of ether oxygens (including phenoxy) is 2. The van der Waals surface area contributed by atoms with Crippen molar-refractivity contribution < 1.29 is 24.8 Å². The van der Waals surface area contributed by atoms with E-state index in [1.165, 1.54) is 20.3 Å². The van der Waals surface area contributed by atoms with Crippen molar-refractivity contribution in [2.45, 2.75) is 12.8 Å². The summed E-state index contributed by atoms with van der Waals surface area (Å²) in [5.74, 6) is 0.302. The number of benzene rings is 2. The molecule has 0 spiro atoms. The van der Waals surface area contributed by atoms with Crippen molar-refractivity contribution in [3.05, 3.63) is 41.5 Å². The van der Waals surface area contributed by atoms with Crippen molar-refractivity contribution >= 4 is 0 Å². The molecule has 0 heterocycles. The van der Waals surface area contributed by atoms with Crippen molar-refractivity contribution in [1.82, 2.24) is 0 Å². The maximum absolute atomic E-state index is 9.73. The predicted octanol–water partition coefficient (Wildman–Crippen LogP) is 2.61. The third-order valence-electron chi connectivity index (χ3n) is 3.28. The van der Waals surface area contributed by atoms with E-state index in [0.717, 1.165) is 11.1 Å². The summed E-state index contributed by atoms with van der Waals surface area (Å²) in [4.78, 5) is 0. The molecule has 0 aromatic heterocycles. The van der Waals surface area contributed by atoms with E-state index in [0.29, 0.717) is 18.6 Å². The molecule has 0 amide bonds. The van der Waals surface area contributed by atoms with Crippen LogP contribution in [0.3, 0.4) is 0 Å². The molecule has 0 bridgehead atoms. The van der Waals surface area contributed by atoms with Crippen LogP contribution in [0.25, 0.3) is 0 Å². The summed E-state index contributed by atoms with van der Waals surface area (Å²) in [7, 11) is 2.93. The summed E-state index contributed by atoms with van der Waals surface area (Å²) in [5, 5.41) is 28.9. The summed E-state index contributed by atoms with van der Waals surface area (Å²) in [5.41, 5.74) is 1.78. The Morgan fingerprint density at radius 2 is 1.38 bits per heavy atom. The highest BCUT2D eigenvalue weighted by atomic mass is 16.5. The Hall–Kier alpha value is -2.56. The van der Waals surface area contributed by atoms with Crippen LogP contribution in [0.15, 0.2) is 30.3 Å². The monoisotopic (exact) mass is 290 g/mol. The molecule has 3 N–H and O–H groups in total. The molecular weight excluding hydrogens is 272 g/mol. The average molecular weight is 290 g/mol. The minimum atomic E-state index is -0.261. The highest BCUT2D eigenvalue weighted by Gasteiger charge is 2.10. The van der Waals surface area contributed by atoms with E-state index in [1.54, 1.807) is 18.2 Å². The van der Waals surface area contributed by atoms with Crippen LogP contribution in [0.2, 0.25) is 0 Å². The molecule has 112 valence electrons. The van der Waals surface area contributed by atoms with Crippen molar-refractivity contribution in [1.29, 1.82) is 0 Å². The van der Waals surface area contributed by atoms with Gasteiger partial charge in [-0.3, -0.25) is 0 Å². The largest absolute Gasteiger partial charge is 0.504 e. The molecule has 2 rings (SSSR count).